The molecule has 0 saturated heterocycles. The lowest BCUT2D eigenvalue weighted by Crippen LogP contribution is -2.58. The van der Waals surface area contributed by atoms with E-state index in [9.17, 15) is 9.18 Å². The van der Waals surface area contributed by atoms with Gasteiger partial charge in [-0.05, 0) is 51.3 Å². The molecule has 5 nitrogen and oxygen atoms in total. The van der Waals surface area contributed by atoms with Gasteiger partial charge in [-0.25, -0.2) is 9.38 Å². The second kappa shape index (κ2) is 6.34. The maximum atomic E-state index is 14.8. The van der Waals surface area contributed by atoms with Crippen LogP contribution in [0.2, 0.25) is 0 Å². The largest absolute Gasteiger partial charge is 0.369 e. The highest BCUT2D eigenvalue weighted by Gasteiger charge is 2.53. The van der Waals surface area contributed by atoms with E-state index in [4.69, 9.17) is 5.73 Å². The van der Waals surface area contributed by atoms with E-state index in [1.165, 1.54) is 11.0 Å². The van der Waals surface area contributed by atoms with Crippen molar-refractivity contribution in [2.24, 2.45) is 21.1 Å². The molecule has 6 heteroatoms. The van der Waals surface area contributed by atoms with Crippen molar-refractivity contribution in [2.75, 3.05) is 13.6 Å². The first-order chi connectivity index (χ1) is 12.2. The number of halogens is 1. The van der Waals surface area contributed by atoms with Crippen LogP contribution in [0.5, 0.6) is 0 Å². The van der Waals surface area contributed by atoms with E-state index < -0.39 is 11.0 Å². The number of aryl methyl sites for hydroxylation is 1. The van der Waals surface area contributed by atoms with Gasteiger partial charge in [0, 0.05) is 18.3 Å². The van der Waals surface area contributed by atoms with Crippen molar-refractivity contribution < 1.29 is 9.18 Å². The number of hydrogen-bond acceptors (Lipinski definition) is 4. The van der Waals surface area contributed by atoms with Crippen molar-refractivity contribution in [1.82, 2.24) is 4.90 Å². The molecule has 0 unspecified atom stereocenters. The summed E-state index contributed by atoms with van der Waals surface area (Å²) in [5.74, 6) is -0.453. The standard InChI is InChI=1S/C20H25FN4O/c1-19(2)17(26)25(4)18(22)24-20(19,3)15-12-13(8-10-16(15)21)7-9-14-6-5-11-23-14/h5-6,8,10,12H,7,9,11H2,1-4H3,(H2,22,24)/t20-/m1/s1. The van der Waals surface area contributed by atoms with Crippen LogP contribution in [0.15, 0.2) is 40.3 Å². The number of carbonyl (C=O) groups is 1. The first-order valence-corrected chi connectivity index (χ1v) is 8.79. The van der Waals surface area contributed by atoms with Crippen molar-refractivity contribution in [3.63, 3.8) is 0 Å². The normalized spacial score (nSPS) is 24.7. The van der Waals surface area contributed by atoms with Crippen LogP contribution < -0.4 is 5.73 Å². The summed E-state index contributed by atoms with van der Waals surface area (Å²) in [6.07, 6.45) is 5.60. The molecule has 1 amide bonds. The first-order valence-electron chi connectivity index (χ1n) is 8.79. The molecule has 0 radical (unpaired) electrons. The first kappa shape index (κ1) is 18.3. The molecular weight excluding hydrogens is 331 g/mol. The van der Waals surface area contributed by atoms with Crippen LogP contribution >= 0.6 is 0 Å². The Bertz CT molecular complexity index is 840. The van der Waals surface area contributed by atoms with Crippen LogP contribution in [0.25, 0.3) is 0 Å². The van der Waals surface area contributed by atoms with Crippen LogP contribution in [-0.2, 0) is 16.8 Å². The van der Waals surface area contributed by atoms with Crippen LogP contribution in [-0.4, -0.2) is 36.1 Å². The maximum absolute atomic E-state index is 14.8. The predicted octanol–water partition coefficient (Wildman–Crippen LogP) is 2.80. The minimum atomic E-state index is -1.08. The SMILES string of the molecule is CN1C(=O)C(C)(C)[C@@](C)(c2cc(CCC3=NCC=C3)ccc2F)N=C1N. The maximum Gasteiger partial charge on any atom is 0.237 e. The van der Waals surface area contributed by atoms with E-state index in [1.54, 1.807) is 33.9 Å². The molecule has 138 valence electrons. The highest BCUT2D eigenvalue weighted by Crippen LogP contribution is 2.47. The van der Waals surface area contributed by atoms with Crippen molar-refractivity contribution in [3.05, 3.63) is 47.3 Å². The second-order valence-electron chi connectivity index (χ2n) is 7.58. The Morgan fingerprint density at radius 3 is 2.65 bits per heavy atom. The summed E-state index contributed by atoms with van der Waals surface area (Å²) in [6, 6.07) is 5.04. The quantitative estimate of drug-likeness (QED) is 0.901. The van der Waals surface area contributed by atoms with Crippen LogP contribution in [0, 0.1) is 11.2 Å². The van der Waals surface area contributed by atoms with Gasteiger partial charge in [0.25, 0.3) is 0 Å². The third-order valence-electron chi connectivity index (χ3n) is 5.67. The number of nitrogens with two attached hydrogens (primary N) is 1. The van der Waals surface area contributed by atoms with Crippen LogP contribution in [0.3, 0.4) is 0 Å². The van der Waals surface area contributed by atoms with E-state index in [0.717, 1.165) is 30.7 Å². The van der Waals surface area contributed by atoms with E-state index in [-0.39, 0.29) is 17.7 Å². The number of nitrogens with zero attached hydrogens (tertiary/aromatic N) is 3. The molecule has 0 fully saturated rings. The van der Waals surface area contributed by atoms with Crippen LogP contribution in [0.4, 0.5) is 4.39 Å². The Morgan fingerprint density at radius 1 is 1.27 bits per heavy atom. The average Bonchev–Trinajstić information content (AvgIpc) is 3.11. The number of carbonyl (C=O) groups excluding carboxylic acids is 1. The summed E-state index contributed by atoms with van der Waals surface area (Å²) < 4.78 is 14.8. The Balaban J connectivity index is 2.00. The molecule has 26 heavy (non-hydrogen) atoms. The molecule has 3 rings (SSSR count). The lowest BCUT2D eigenvalue weighted by Gasteiger charge is -2.46. The molecule has 2 aliphatic heterocycles. The van der Waals surface area contributed by atoms with E-state index >= 15 is 0 Å². The third kappa shape index (κ3) is 2.83. The Kier molecular flexibility index (Phi) is 4.46. The summed E-state index contributed by atoms with van der Waals surface area (Å²) >= 11 is 0. The molecular formula is C20H25FN4O. The fraction of sp³-hybridized carbons (Fsp3) is 0.450. The summed E-state index contributed by atoms with van der Waals surface area (Å²) in [7, 11) is 1.59. The zero-order valence-electron chi connectivity index (χ0n) is 15.7. The third-order valence-corrected chi connectivity index (χ3v) is 5.67. The molecule has 0 saturated carbocycles. The number of guanidine groups is 1. The number of amides is 1. The van der Waals surface area contributed by atoms with E-state index in [2.05, 4.69) is 9.98 Å². The number of benzene rings is 1. The minimum Gasteiger partial charge on any atom is -0.369 e. The van der Waals surface area contributed by atoms with Gasteiger partial charge in [-0.3, -0.25) is 14.7 Å². The van der Waals surface area contributed by atoms with Gasteiger partial charge in [-0.2, -0.15) is 0 Å². The molecule has 0 aromatic heterocycles. The summed E-state index contributed by atoms with van der Waals surface area (Å²) in [4.78, 5) is 23.0. The summed E-state index contributed by atoms with van der Waals surface area (Å²) in [6.45, 7) is 6.08. The minimum absolute atomic E-state index is 0.104. The molecule has 1 aromatic rings. The Morgan fingerprint density at radius 2 is 2.00 bits per heavy atom. The van der Waals surface area contributed by atoms with Gasteiger partial charge >= 0.3 is 0 Å². The van der Waals surface area contributed by atoms with Crippen molar-refractivity contribution in [1.29, 1.82) is 0 Å². The summed E-state index contributed by atoms with van der Waals surface area (Å²) in [5.41, 5.74) is 6.37. The fourth-order valence-electron chi connectivity index (χ4n) is 3.52. The van der Waals surface area contributed by atoms with Gasteiger partial charge < -0.3 is 5.73 Å². The molecule has 2 N–H and O–H groups in total. The van der Waals surface area contributed by atoms with Gasteiger partial charge in [-0.1, -0.05) is 18.2 Å². The van der Waals surface area contributed by atoms with Crippen LogP contribution in [0.1, 0.15) is 38.3 Å². The zero-order valence-corrected chi connectivity index (χ0v) is 15.7. The summed E-state index contributed by atoms with van der Waals surface area (Å²) in [5, 5.41) is 0. The molecule has 0 bridgehead atoms. The molecule has 2 aliphatic rings. The van der Waals surface area contributed by atoms with E-state index in [1.807, 2.05) is 18.2 Å². The van der Waals surface area contributed by atoms with Gasteiger partial charge in [0.05, 0.1) is 12.0 Å². The average molecular weight is 356 g/mol. The Hall–Kier alpha value is -2.50. The molecule has 0 spiro atoms. The number of allylic oxidation sites excluding steroid dienone is 1. The fourth-order valence-corrected chi connectivity index (χ4v) is 3.52. The number of aliphatic imine (C=N–C) groups is 2. The molecule has 2 heterocycles. The zero-order chi connectivity index (χ0) is 19.1. The van der Waals surface area contributed by atoms with Gasteiger partial charge in [-0.15, -0.1) is 0 Å². The Labute approximate surface area is 153 Å². The number of rotatable bonds is 4. The second-order valence-corrected chi connectivity index (χ2v) is 7.58. The van der Waals surface area contributed by atoms with E-state index in [0.29, 0.717) is 5.56 Å². The molecule has 0 aliphatic carbocycles. The predicted molar refractivity (Wildman–Crippen MR) is 102 cm³/mol. The molecule has 1 aromatic carbocycles. The van der Waals surface area contributed by atoms with Crippen molar-refractivity contribution in [2.45, 2.75) is 39.2 Å². The highest BCUT2D eigenvalue weighted by atomic mass is 19.1. The highest BCUT2D eigenvalue weighted by molar-refractivity contribution is 6.01. The van der Waals surface area contributed by atoms with Gasteiger partial charge in [0.2, 0.25) is 5.91 Å². The smallest absolute Gasteiger partial charge is 0.237 e. The van der Waals surface area contributed by atoms with Crippen molar-refractivity contribution in [3.8, 4) is 0 Å². The van der Waals surface area contributed by atoms with Gasteiger partial charge in [0.15, 0.2) is 5.96 Å². The monoisotopic (exact) mass is 356 g/mol. The van der Waals surface area contributed by atoms with Crippen molar-refractivity contribution >= 4 is 17.6 Å². The van der Waals surface area contributed by atoms with Gasteiger partial charge in [0.1, 0.15) is 11.4 Å². The topological polar surface area (TPSA) is 71.0 Å². The molecule has 1 atom stereocenters. The lowest BCUT2D eigenvalue weighted by atomic mass is 9.67. The number of hydrogen-bond donors (Lipinski definition) is 1. The lowest BCUT2D eigenvalue weighted by molar-refractivity contribution is -0.140.